The first-order valence-electron chi connectivity index (χ1n) is 4.40. The molecule has 1 aromatic rings. The molecule has 0 aromatic heterocycles. The smallest absolute Gasteiger partial charge is 0.0592 e. The van der Waals surface area contributed by atoms with E-state index in [1.54, 1.807) is 0 Å². The normalized spacial score (nSPS) is 18.4. The molecule has 0 saturated carbocycles. The topological polar surface area (TPSA) is 12.4 Å². The summed E-state index contributed by atoms with van der Waals surface area (Å²) < 4.78 is 1.12. The van der Waals surface area contributed by atoms with Crippen LogP contribution >= 0.6 is 15.9 Å². The van der Waals surface area contributed by atoms with Crippen LogP contribution in [0.5, 0.6) is 0 Å². The van der Waals surface area contributed by atoms with Crippen LogP contribution in [-0.2, 0) is 6.42 Å². The minimum Gasteiger partial charge on any atom is -0.286 e. The standard InChI is InChI=1S/C11H12BrN/c1-11(2)6-8-3-4-10(12)5-9(8)7-13-11/h3-5,7H,6H2,1-2H3. The maximum atomic E-state index is 4.50. The third kappa shape index (κ3) is 1.83. The van der Waals surface area contributed by atoms with Gasteiger partial charge < -0.3 is 0 Å². The van der Waals surface area contributed by atoms with Gasteiger partial charge in [-0.3, -0.25) is 4.99 Å². The number of nitrogens with zero attached hydrogens (tertiary/aromatic N) is 1. The molecule has 1 nitrogen and oxygen atoms in total. The van der Waals surface area contributed by atoms with Gasteiger partial charge in [-0.25, -0.2) is 0 Å². The quantitative estimate of drug-likeness (QED) is 0.658. The van der Waals surface area contributed by atoms with Crippen molar-refractivity contribution in [3.8, 4) is 0 Å². The van der Waals surface area contributed by atoms with Crippen LogP contribution in [-0.4, -0.2) is 11.8 Å². The summed E-state index contributed by atoms with van der Waals surface area (Å²) in [5.41, 5.74) is 2.71. The molecule has 1 aliphatic rings. The van der Waals surface area contributed by atoms with E-state index < -0.39 is 0 Å². The van der Waals surface area contributed by atoms with Crippen molar-refractivity contribution in [2.75, 3.05) is 0 Å². The van der Waals surface area contributed by atoms with Crippen LogP contribution in [0.15, 0.2) is 27.7 Å². The summed E-state index contributed by atoms with van der Waals surface area (Å²) in [5, 5.41) is 0. The van der Waals surface area contributed by atoms with Crippen LogP contribution in [0.4, 0.5) is 0 Å². The maximum Gasteiger partial charge on any atom is 0.0592 e. The Kier molecular flexibility index (Phi) is 2.03. The number of benzene rings is 1. The average Bonchev–Trinajstić information content (AvgIpc) is 2.05. The van der Waals surface area contributed by atoms with Crippen molar-refractivity contribution in [1.82, 2.24) is 0 Å². The highest BCUT2D eigenvalue weighted by Gasteiger charge is 2.21. The Morgan fingerprint density at radius 2 is 2.15 bits per heavy atom. The Morgan fingerprint density at radius 3 is 2.92 bits per heavy atom. The Bertz CT molecular complexity index is 366. The summed E-state index contributed by atoms with van der Waals surface area (Å²) >= 11 is 3.46. The lowest BCUT2D eigenvalue weighted by atomic mass is 9.90. The molecule has 1 aliphatic heterocycles. The predicted octanol–water partition coefficient (Wildman–Crippen LogP) is 3.20. The van der Waals surface area contributed by atoms with E-state index in [1.807, 2.05) is 6.21 Å². The number of rotatable bonds is 0. The molecule has 0 unspecified atom stereocenters. The summed E-state index contributed by atoms with van der Waals surface area (Å²) in [7, 11) is 0. The molecule has 0 amide bonds. The van der Waals surface area contributed by atoms with E-state index >= 15 is 0 Å². The van der Waals surface area contributed by atoms with Gasteiger partial charge in [0.05, 0.1) is 5.54 Å². The van der Waals surface area contributed by atoms with Crippen LogP contribution in [0.3, 0.4) is 0 Å². The van der Waals surface area contributed by atoms with E-state index in [-0.39, 0.29) is 5.54 Å². The molecule has 0 spiro atoms. The lowest BCUT2D eigenvalue weighted by Gasteiger charge is -2.25. The summed E-state index contributed by atoms with van der Waals surface area (Å²) in [4.78, 5) is 4.50. The largest absolute Gasteiger partial charge is 0.286 e. The van der Waals surface area contributed by atoms with Crippen LogP contribution in [0, 0.1) is 0 Å². The van der Waals surface area contributed by atoms with Gasteiger partial charge in [-0.2, -0.15) is 0 Å². The lowest BCUT2D eigenvalue weighted by Crippen LogP contribution is -2.24. The first kappa shape index (κ1) is 8.95. The van der Waals surface area contributed by atoms with Gasteiger partial charge in [0.2, 0.25) is 0 Å². The molecule has 0 aliphatic carbocycles. The molecule has 0 N–H and O–H groups in total. The number of aliphatic imine (C=N–C) groups is 1. The highest BCUT2D eigenvalue weighted by atomic mass is 79.9. The molecule has 68 valence electrons. The SMILES string of the molecule is CC1(C)Cc2ccc(Br)cc2C=N1. The molecule has 2 heteroatoms. The lowest BCUT2D eigenvalue weighted by molar-refractivity contribution is 0.516. The molecular formula is C11H12BrN. The Labute approximate surface area is 87.0 Å². The van der Waals surface area contributed by atoms with Gasteiger partial charge in [0.25, 0.3) is 0 Å². The highest BCUT2D eigenvalue weighted by Crippen LogP contribution is 2.25. The van der Waals surface area contributed by atoms with Gasteiger partial charge in [-0.1, -0.05) is 22.0 Å². The average molecular weight is 238 g/mol. The van der Waals surface area contributed by atoms with E-state index in [2.05, 4.69) is 53.0 Å². The zero-order chi connectivity index (χ0) is 9.47. The zero-order valence-corrected chi connectivity index (χ0v) is 9.43. The molecule has 0 bridgehead atoms. The highest BCUT2D eigenvalue weighted by molar-refractivity contribution is 9.10. The summed E-state index contributed by atoms with van der Waals surface area (Å²) in [6.45, 7) is 4.32. The zero-order valence-electron chi connectivity index (χ0n) is 7.84. The van der Waals surface area contributed by atoms with Crippen molar-refractivity contribution in [2.45, 2.75) is 25.8 Å². The van der Waals surface area contributed by atoms with E-state index in [1.165, 1.54) is 11.1 Å². The maximum absolute atomic E-state index is 4.50. The van der Waals surface area contributed by atoms with Crippen molar-refractivity contribution in [2.24, 2.45) is 4.99 Å². The summed E-state index contributed by atoms with van der Waals surface area (Å²) in [6, 6.07) is 6.38. The van der Waals surface area contributed by atoms with Gasteiger partial charge >= 0.3 is 0 Å². The van der Waals surface area contributed by atoms with Gasteiger partial charge in [0.15, 0.2) is 0 Å². The first-order valence-corrected chi connectivity index (χ1v) is 5.20. The van der Waals surface area contributed by atoms with Gasteiger partial charge in [0.1, 0.15) is 0 Å². The Balaban J connectivity index is 2.47. The van der Waals surface area contributed by atoms with E-state index in [4.69, 9.17) is 0 Å². The van der Waals surface area contributed by atoms with Crippen molar-refractivity contribution < 1.29 is 0 Å². The van der Waals surface area contributed by atoms with Crippen molar-refractivity contribution >= 4 is 22.1 Å². The predicted molar refractivity (Wildman–Crippen MR) is 59.5 cm³/mol. The fourth-order valence-corrected chi connectivity index (χ4v) is 1.98. The molecule has 0 atom stereocenters. The van der Waals surface area contributed by atoms with Gasteiger partial charge in [-0.15, -0.1) is 0 Å². The molecular weight excluding hydrogens is 226 g/mol. The van der Waals surface area contributed by atoms with E-state index in [0.29, 0.717) is 0 Å². The second-order valence-electron chi connectivity index (χ2n) is 4.09. The monoisotopic (exact) mass is 237 g/mol. The minimum absolute atomic E-state index is 0.0703. The molecule has 1 aromatic carbocycles. The van der Waals surface area contributed by atoms with Crippen LogP contribution < -0.4 is 0 Å². The van der Waals surface area contributed by atoms with Gasteiger partial charge in [0, 0.05) is 10.7 Å². The number of halogens is 1. The minimum atomic E-state index is 0.0703. The van der Waals surface area contributed by atoms with Crippen LogP contribution in [0.1, 0.15) is 25.0 Å². The van der Waals surface area contributed by atoms with Crippen LogP contribution in [0.25, 0.3) is 0 Å². The molecule has 0 saturated heterocycles. The second-order valence-corrected chi connectivity index (χ2v) is 5.01. The number of hydrogen-bond acceptors (Lipinski definition) is 1. The fraction of sp³-hybridized carbons (Fsp3) is 0.364. The molecule has 0 fully saturated rings. The fourth-order valence-electron chi connectivity index (χ4n) is 1.60. The van der Waals surface area contributed by atoms with E-state index in [0.717, 1.165) is 10.9 Å². The Morgan fingerprint density at radius 1 is 1.38 bits per heavy atom. The third-order valence-corrected chi connectivity index (χ3v) is 2.78. The van der Waals surface area contributed by atoms with Crippen molar-refractivity contribution in [1.29, 1.82) is 0 Å². The van der Waals surface area contributed by atoms with E-state index in [9.17, 15) is 0 Å². The van der Waals surface area contributed by atoms with Gasteiger partial charge in [-0.05, 0) is 43.5 Å². The molecule has 1 heterocycles. The summed E-state index contributed by atoms with van der Waals surface area (Å²) in [6.07, 6.45) is 3.01. The number of fused-ring (bicyclic) bond motifs is 1. The molecule has 13 heavy (non-hydrogen) atoms. The van der Waals surface area contributed by atoms with Crippen LogP contribution in [0.2, 0.25) is 0 Å². The second kappa shape index (κ2) is 2.95. The summed E-state index contributed by atoms with van der Waals surface area (Å²) in [5.74, 6) is 0. The Hall–Kier alpha value is -0.630. The molecule has 0 radical (unpaired) electrons. The number of hydrogen-bond donors (Lipinski definition) is 0. The third-order valence-electron chi connectivity index (χ3n) is 2.28. The van der Waals surface area contributed by atoms with Crippen molar-refractivity contribution in [3.05, 3.63) is 33.8 Å². The molecule has 2 rings (SSSR count). The first-order chi connectivity index (χ1) is 6.07. The van der Waals surface area contributed by atoms with Crippen molar-refractivity contribution in [3.63, 3.8) is 0 Å².